The maximum atomic E-state index is 11.9. The number of benzene rings is 1. The number of nitrogens with zero attached hydrogens (tertiary/aromatic N) is 1. The van der Waals surface area contributed by atoms with Crippen LogP contribution in [-0.4, -0.2) is 26.8 Å². The van der Waals surface area contributed by atoms with Crippen LogP contribution in [-0.2, 0) is 16.4 Å². The smallest absolute Gasteiger partial charge is 0.207 e. The zero-order valence-electron chi connectivity index (χ0n) is 10.1. The molecule has 0 radical (unpaired) electrons. The van der Waals surface area contributed by atoms with E-state index in [1.165, 1.54) is 4.31 Å². The number of hydrogen-bond acceptors (Lipinski definition) is 2. The van der Waals surface area contributed by atoms with E-state index in [9.17, 15) is 8.42 Å². The Morgan fingerprint density at radius 2 is 1.94 bits per heavy atom. The Bertz CT molecular complexity index is 438. The molecule has 90 valence electrons. The number of rotatable bonds is 5. The predicted octanol–water partition coefficient (Wildman–Crippen LogP) is 2.28. The van der Waals surface area contributed by atoms with Gasteiger partial charge in [-0.15, -0.1) is 0 Å². The van der Waals surface area contributed by atoms with Crippen molar-refractivity contribution in [2.75, 3.05) is 14.1 Å². The number of unbranched alkanes of at least 4 members (excludes halogenated alkanes) is 1. The van der Waals surface area contributed by atoms with Crippen molar-refractivity contribution in [3.63, 3.8) is 0 Å². The Balaban J connectivity index is 2.99. The topological polar surface area (TPSA) is 37.4 Å². The maximum absolute atomic E-state index is 11.9. The fraction of sp³-hybridized carbons (Fsp3) is 0.500. The van der Waals surface area contributed by atoms with Gasteiger partial charge in [-0.2, -0.15) is 0 Å². The highest BCUT2D eigenvalue weighted by Crippen LogP contribution is 2.16. The van der Waals surface area contributed by atoms with E-state index in [1.54, 1.807) is 32.3 Å². The average Bonchev–Trinajstić information content (AvgIpc) is 2.26. The van der Waals surface area contributed by atoms with E-state index in [0.29, 0.717) is 4.90 Å². The predicted molar refractivity (Wildman–Crippen MR) is 65.9 cm³/mol. The fourth-order valence-corrected chi connectivity index (χ4v) is 2.43. The summed E-state index contributed by atoms with van der Waals surface area (Å²) in [4.78, 5) is 0.381. The first-order valence-electron chi connectivity index (χ1n) is 5.50. The van der Waals surface area contributed by atoms with Gasteiger partial charge in [0, 0.05) is 14.1 Å². The van der Waals surface area contributed by atoms with Crippen molar-refractivity contribution in [3.8, 4) is 0 Å². The minimum atomic E-state index is -3.29. The van der Waals surface area contributed by atoms with Gasteiger partial charge in [0.15, 0.2) is 0 Å². The van der Waals surface area contributed by atoms with Crippen LogP contribution >= 0.6 is 0 Å². The minimum Gasteiger partial charge on any atom is -0.207 e. The summed E-state index contributed by atoms with van der Waals surface area (Å²) in [6.07, 6.45) is 3.14. The molecule has 16 heavy (non-hydrogen) atoms. The Labute approximate surface area is 98.1 Å². The van der Waals surface area contributed by atoms with Gasteiger partial charge in [0.1, 0.15) is 0 Å². The van der Waals surface area contributed by atoms with E-state index >= 15 is 0 Å². The standard InChI is InChI=1S/C12H19NO2S/c1-4-5-7-11-8-6-9-12(10-11)16(14,15)13(2)3/h6,8-10H,4-5,7H2,1-3H3. The van der Waals surface area contributed by atoms with Crippen LogP contribution in [0.2, 0.25) is 0 Å². The molecule has 1 aromatic carbocycles. The lowest BCUT2D eigenvalue weighted by molar-refractivity contribution is 0.520. The summed E-state index contributed by atoms with van der Waals surface area (Å²) in [6.45, 7) is 2.13. The van der Waals surface area contributed by atoms with Gasteiger partial charge in [0.2, 0.25) is 10.0 Å². The molecule has 0 spiro atoms. The summed E-state index contributed by atoms with van der Waals surface area (Å²) < 4.78 is 25.0. The molecule has 0 aromatic heterocycles. The second-order valence-corrected chi connectivity index (χ2v) is 6.19. The van der Waals surface area contributed by atoms with Crippen LogP contribution in [0.4, 0.5) is 0 Å². The average molecular weight is 241 g/mol. The molecule has 0 bridgehead atoms. The Morgan fingerprint density at radius 3 is 2.50 bits per heavy atom. The summed E-state index contributed by atoms with van der Waals surface area (Å²) >= 11 is 0. The van der Waals surface area contributed by atoms with Crippen molar-refractivity contribution in [2.24, 2.45) is 0 Å². The number of hydrogen-bond donors (Lipinski definition) is 0. The molecule has 0 amide bonds. The van der Waals surface area contributed by atoms with Gasteiger partial charge >= 0.3 is 0 Å². The van der Waals surface area contributed by atoms with Crippen LogP contribution in [0.1, 0.15) is 25.3 Å². The van der Waals surface area contributed by atoms with Crippen molar-refractivity contribution >= 4 is 10.0 Å². The molecule has 1 rings (SSSR count). The highest BCUT2D eigenvalue weighted by Gasteiger charge is 2.16. The van der Waals surface area contributed by atoms with Gasteiger partial charge in [0.05, 0.1) is 4.90 Å². The number of aryl methyl sites for hydroxylation is 1. The molecule has 0 saturated carbocycles. The lowest BCUT2D eigenvalue weighted by Gasteiger charge is -2.12. The summed E-state index contributed by atoms with van der Waals surface area (Å²) in [5.41, 5.74) is 1.09. The van der Waals surface area contributed by atoms with Crippen molar-refractivity contribution in [1.29, 1.82) is 0 Å². The lowest BCUT2D eigenvalue weighted by atomic mass is 10.1. The Kier molecular flexibility index (Phi) is 4.50. The molecule has 0 aliphatic carbocycles. The van der Waals surface area contributed by atoms with Crippen molar-refractivity contribution < 1.29 is 8.42 Å². The first-order chi connectivity index (χ1) is 7.48. The van der Waals surface area contributed by atoms with Gasteiger partial charge < -0.3 is 0 Å². The van der Waals surface area contributed by atoms with E-state index < -0.39 is 10.0 Å². The van der Waals surface area contributed by atoms with Gasteiger partial charge in [0.25, 0.3) is 0 Å². The van der Waals surface area contributed by atoms with Crippen molar-refractivity contribution in [2.45, 2.75) is 31.1 Å². The van der Waals surface area contributed by atoms with E-state index in [-0.39, 0.29) is 0 Å². The molecule has 0 aliphatic heterocycles. The Hall–Kier alpha value is -0.870. The van der Waals surface area contributed by atoms with Crippen LogP contribution in [0.5, 0.6) is 0 Å². The summed E-state index contributed by atoms with van der Waals surface area (Å²) in [6, 6.07) is 7.20. The second kappa shape index (κ2) is 5.46. The van der Waals surface area contributed by atoms with Crippen LogP contribution in [0.3, 0.4) is 0 Å². The van der Waals surface area contributed by atoms with E-state index in [1.807, 2.05) is 6.07 Å². The van der Waals surface area contributed by atoms with Crippen LogP contribution in [0, 0.1) is 0 Å². The molecule has 4 heteroatoms. The molecule has 0 N–H and O–H groups in total. The third-order valence-electron chi connectivity index (χ3n) is 2.50. The normalized spacial score (nSPS) is 12.0. The maximum Gasteiger partial charge on any atom is 0.242 e. The molecule has 0 unspecified atom stereocenters. The highest BCUT2D eigenvalue weighted by molar-refractivity contribution is 7.89. The SMILES string of the molecule is CCCCc1cccc(S(=O)(=O)N(C)C)c1. The molecular formula is C12H19NO2S. The summed E-state index contributed by atoms with van der Waals surface area (Å²) in [5, 5.41) is 0. The van der Waals surface area contributed by atoms with E-state index in [4.69, 9.17) is 0 Å². The van der Waals surface area contributed by atoms with Crippen LogP contribution in [0.15, 0.2) is 29.2 Å². The zero-order chi connectivity index (χ0) is 12.2. The largest absolute Gasteiger partial charge is 0.242 e. The molecule has 0 fully saturated rings. The molecule has 3 nitrogen and oxygen atoms in total. The van der Waals surface area contributed by atoms with Gasteiger partial charge in [-0.3, -0.25) is 0 Å². The van der Waals surface area contributed by atoms with Gasteiger partial charge in [-0.05, 0) is 30.5 Å². The number of sulfonamides is 1. The van der Waals surface area contributed by atoms with E-state index in [2.05, 4.69) is 6.92 Å². The Morgan fingerprint density at radius 1 is 1.25 bits per heavy atom. The zero-order valence-corrected chi connectivity index (χ0v) is 10.9. The lowest BCUT2D eigenvalue weighted by Crippen LogP contribution is -2.22. The first kappa shape index (κ1) is 13.2. The van der Waals surface area contributed by atoms with Gasteiger partial charge in [-0.1, -0.05) is 25.5 Å². The van der Waals surface area contributed by atoms with E-state index in [0.717, 1.165) is 24.8 Å². The summed E-state index contributed by atoms with van der Waals surface area (Å²) in [5.74, 6) is 0. The quantitative estimate of drug-likeness (QED) is 0.793. The first-order valence-corrected chi connectivity index (χ1v) is 6.94. The molecule has 0 aliphatic rings. The highest BCUT2D eigenvalue weighted by atomic mass is 32.2. The minimum absolute atomic E-state index is 0.381. The van der Waals surface area contributed by atoms with Crippen molar-refractivity contribution in [3.05, 3.63) is 29.8 Å². The molecule has 0 atom stereocenters. The van der Waals surface area contributed by atoms with Gasteiger partial charge in [-0.25, -0.2) is 12.7 Å². The fourth-order valence-electron chi connectivity index (χ4n) is 1.45. The van der Waals surface area contributed by atoms with Crippen molar-refractivity contribution in [1.82, 2.24) is 4.31 Å². The molecule has 0 heterocycles. The second-order valence-electron chi connectivity index (χ2n) is 4.04. The molecule has 0 saturated heterocycles. The third kappa shape index (κ3) is 3.06. The van der Waals surface area contributed by atoms with Crippen LogP contribution in [0.25, 0.3) is 0 Å². The third-order valence-corrected chi connectivity index (χ3v) is 4.31. The monoisotopic (exact) mass is 241 g/mol. The van der Waals surface area contributed by atoms with Crippen LogP contribution < -0.4 is 0 Å². The summed E-state index contributed by atoms with van der Waals surface area (Å²) in [7, 11) is -0.192. The molecule has 1 aromatic rings. The molecular weight excluding hydrogens is 222 g/mol.